The van der Waals surface area contributed by atoms with Crippen molar-refractivity contribution in [3.8, 4) is 5.75 Å². The van der Waals surface area contributed by atoms with Gasteiger partial charge in [0, 0.05) is 24.1 Å². The fraction of sp³-hybridized carbons (Fsp3) is 0.0833. The van der Waals surface area contributed by atoms with Crippen molar-refractivity contribution < 1.29 is 28.8 Å². The Labute approximate surface area is 115 Å². The summed E-state index contributed by atoms with van der Waals surface area (Å²) in [5, 5.41) is 12.9. The van der Waals surface area contributed by atoms with E-state index in [1.165, 1.54) is 19.1 Å². The maximum absolute atomic E-state index is 11.8. The number of rotatable bonds is 3. The Morgan fingerprint density at radius 1 is 1.35 bits per heavy atom. The number of carbonyl (C=O) groups excluding carboxylic acids is 1. The summed E-state index contributed by atoms with van der Waals surface area (Å²) in [6.45, 7) is 1.34. The van der Waals surface area contributed by atoms with Crippen molar-refractivity contribution in [3.05, 3.63) is 30.3 Å². The third kappa shape index (κ3) is 2.78. The van der Waals surface area contributed by atoms with Gasteiger partial charge < -0.3 is 10.4 Å². The first-order chi connectivity index (χ1) is 9.33. The molecule has 1 unspecified atom stereocenters. The molecule has 0 heterocycles. The Bertz CT molecular complexity index is 731. The fourth-order valence-corrected chi connectivity index (χ4v) is 2.70. The van der Waals surface area contributed by atoms with Crippen LogP contribution in [0.1, 0.15) is 6.92 Å². The maximum atomic E-state index is 11.8. The highest BCUT2D eigenvalue weighted by Crippen LogP contribution is 2.33. The number of fused-ring (bicyclic) bond motifs is 1. The molecule has 0 aliphatic rings. The van der Waals surface area contributed by atoms with E-state index in [1.807, 2.05) is 0 Å². The molecule has 5 N–H and O–H groups in total. The van der Waals surface area contributed by atoms with Gasteiger partial charge in [0.15, 0.2) is 0 Å². The number of benzene rings is 2. The molecule has 2 aromatic carbocycles. The van der Waals surface area contributed by atoms with Gasteiger partial charge >= 0.3 is 10.5 Å². The van der Waals surface area contributed by atoms with Crippen LogP contribution in [0.3, 0.4) is 0 Å². The highest BCUT2D eigenvalue weighted by atomic mass is 32.3. The van der Waals surface area contributed by atoms with E-state index in [0.717, 1.165) is 6.07 Å². The number of amides is 1. The van der Waals surface area contributed by atoms with E-state index in [0.29, 0.717) is 16.5 Å². The maximum Gasteiger partial charge on any atom is 0.483 e. The van der Waals surface area contributed by atoms with Gasteiger partial charge in [-0.25, -0.2) is 0 Å². The van der Waals surface area contributed by atoms with Gasteiger partial charge in [-0.1, -0.05) is 6.07 Å². The summed E-state index contributed by atoms with van der Waals surface area (Å²) in [6.07, 6.45) is 0. The van der Waals surface area contributed by atoms with Crippen LogP contribution in [0.15, 0.2) is 35.2 Å². The van der Waals surface area contributed by atoms with Crippen LogP contribution in [-0.4, -0.2) is 11.0 Å². The molecule has 2 aromatic rings. The summed E-state index contributed by atoms with van der Waals surface area (Å²) in [4.78, 5) is 10.8. The Morgan fingerprint density at radius 2 is 2.05 bits per heavy atom. The summed E-state index contributed by atoms with van der Waals surface area (Å²) < 4.78 is 27.9. The molecule has 0 aromatic heterocycles. The first-order valence-electron chi connectivity index (χ1n) is 5.56. The van der Waals surface area contributed by atoms with E-state index in [2.05, 4.69) is 15.5 Å². The van der Waals surface area contributed by atoms with Crippen molar-refractivity contribution in [2.45, 2.75) is 11.8 Å². The first kappa shape index (κ1) is 14.4. The Kier molecular flexibility index (Phi) is 3.73. The Morgan fingerprint density at radius 3 is 2.65 bits per heavy atom. The minimum absolute atomic E-state index is 0.208. The predicted molar refractivity (Wildman–Crippen MR) is 70.9 cm³/mol. The molecule has 0 bridgehead atoms. The summed E-state index contributed by atoms with van der Waals surface area (Å²) in [7, 11) is -4.08. The topological polar surface area (TPSA) is 123 Å². The van der Waals surface area contributed by atoms with E-state index in [-0.39, 0.29) is 16.6 Å². The van der Waals surface area contributed by atoms with Crippen LogP contribution in [0.5, 0.6) is 5.75 Å². The largest absolute Gasteiger partial charge is 0.508 e. The van der Waals surface area contributed by atoms with Gasteiger partial charge in [-0.05, 0) is 27.8 Å². The molecular formula is C12H13N2O5S+2. The minimum Gasteiger partial charge on any atom is -0.508 e. The van der Waals surface area contributed by atoms with Crippen molar-refractivity contribution in [1.82, 2.24) is 0 Å². The van der Waals surface area contributed by atoms with Gasteiger partial charge in [-0.3, -0.25) is 4.79 Å². The molecule has 0 aliphatic carbocycles. The van der Waals surface area contributed by atoms with E-state index in [1.54, 1.807) is 12.1 Å². The number of anilines is 1. The van der Waals surface area contributed by atoms with Crippen LogP contribution in [0.25, 0.3) is 10.8 Å². The molecule has 2 rings (SSSR count). The molecule has 0 spiro atoms. The Hall–Kier alpha value is -2.00. The number of hydrogen-bond acceptors (Lipinski definition) is 4. The zero-order chi connectivity index (χ0) is 14.9. The van der Waals surface area contributed by atoms with Gasteiger partial charge in [0.25, 0.3) is 0 Å². The van der Waals surface area contributed by atoms with Crippen molar-refractivity contribution in [2.24, 2.45) is 0 Å². The molecule has 7 nitrogen and oxygen atoms in total. The molecular weight excluding hydrogens is 284 g/mol. The summed E-state index contributed by atoms with van der Waals surface area (Å²) in [6, 6.07) is 7.16. The standard InChI is InChI=1S/C12H12N2O5S/c1-7(15)14-9-3-2-8-4-10(16)6-12(11(8)5-9)20(17,18)19-13/h2-6H,1,13H3,(H-,14,15,16,17)/q+1/p+1. The smallest absolute Gasteiger partial charge is 0.483 e. The number of phenols is 1. The predicted octanol–water partition coefficient (Wildman–Crippen LogP) is 0.796. The fourth-order valence-electron chi connectivity index (χ4n) is 1.86. The monoisotopic (exact) mass is 297 g/mol. The lowest BCUT2D eigenvalue weighted by molar-refractivity contribution is -0.637. The normalized spacial score (nSPS) is 13.9. The average molecular weight is 297 g/mol. The molecule has 105 valence electrons. The van der Waals surface area contributed by atoms with Crippen molar-refractivity contribution in [3.63, 3.8) is 0 Å². The number of aromatic hydroxyl groups is 1. The van der Waals surface area contributed by atoms with Crippen LogP contribution >= 0.6 is 0 Å². The van der Waals surface area contributed by atoms with Crippen LogP contribution in [-0.2, 0) is 28.3 Å². The number of hydrogen-bond donors (Lipinski definition) is 3. The molecule has 1 amide bonds. The van der Waals surface area contributed by atoms with Crippen molar-refractivity contribution in [2.75, 3.05) is 5.32 Å². The van der Waals surface area contributed by atoms with Crippen molar-refractivity contribution >= 4 is 32.9 Å². The molecule has 0 fully saturated rings. The van der Waals surface area contributed by atoms with Crippen molar-refractivity contribution in [1.29, 1.82) is 0 Å². The molecule has 20 heavy (non-hydrogen) atoms. The molecule has 1 radical (unpaired) electrons. The zero-order valence-corrected chi connectivity index (χ0v) is 11.4. The van der Waals surface area contributed by atoms with E-state index >= 15 is 0 Å². The van der Waals surface area contributed by atoms with Crippen LogP contribution in [0, 0.1) is 0 Å². The first-order valence-corrected chi connectivity index (χ1v) is 6.97. The van der Waals surface area contributed by atoms with Gasteiger partial charge in [0.1, 0.15) is 5.75 Å². The third-order valence-electron chi connectivity index (χ3n) is 2.65. The Balaban J connectivity index is 2.71. The minimum atomic E-state index is -4.08. The quantitative estimate of drug-likeness (QED) is 0.572. The number of nitrogens with one attached hydrogen (secondary N) is 1. The molecule has 1 atom stereocenters. The lowest BCUT2D eigenvalue weighted by atomic mass is 10.1. The SMILES string of the molecule is CC(=O)Nc1ccc2cc(O)cc([S+]([O])(=O)O[NH3+])c2c1. The zero-order valence-electron chi connectivity index (χ0n) is 10.6. The van der Waals surface area contributed by atoms with Gasteiger partial charge in [0.05, 0.1) is 8.84 Å². The lowest BCUT2D eigenvalue weighted by Gasteiger charge is -2.06. The van der Waals surface area contributed by atoms with E-state index < -0.39 is 10.5 Å². The second kappa shape index (κ2) is 5.17. The molecule has 0 saturated carbocycles. The second-order valence-corrected chi connectivity index (χ2v) is 5.72. The van der Waals surface area contributed by atoms with Gasteiger partial charge in [0.2, 0.25) is 10.8 Å². The van der Waals surface area contributed by atoms with Crippen LogP contribution in [0.4, 0.5) is 5.69 Å². The van der Waals surface area contributed by atoms with Crippen LogP contribution < -0.4 is 11.2 Å². The summed E-state index contributed by atoms with van der Waals surface area (Å²) in [5.41, 5.74) is 0.441. The summed E-state index contributed by atoms with van der Waals surface area (Å²) in [5.74, 6) is 2.42. The van der Waals surface area contributed by atoms with E-state index in [9.17, 15) is 18.7 Å². The number of quaternary nitrogens is 1. The van der Waals surface area contributed by atoms with Gasteiger partial charge in [-0.2, -0.15) is 5.90 Å². The lowest BCUT2D eigenvalue weighted by Crippen LogP contribution is -2.52. The summed E-state index contributed by atoms with van der Waals surface area (Å²) >= 11 is 0. The third-order valence-corrected chi connectivity index (χ3v) is 3.83. The van der Waals surface area contributed by atoms with Gasteiger partial charge in [-0.15, -0.1) is 0 Å². The highest BCUT2D eigenvalue weighted by molar-refractivity contribution is 7.93. The number of phenolic OH excluding ortho intramolecular Hbond substituents is 1. The van der Waals surface area contributed by atoms with E-state index in [4.69, 9.17) is 0 Å². The second-order valence-electron chi connectivity index (χ2n) is 4.13. The number of carbonyl (C=O) groups is 1. The molecule has 0 saturated heterocycles. The molecule has 8 heteroatoms. The highest BCUT2D eigenvalue weighted by Gasteiger charge is 2.39. The molecule has 0 aliphatic heterocycles. The van der Waals surface area contributed by atoms with Crippen LogP contribution in [0.2, 0.25) is 0 Å². The average Bonchev–Trinajstić information content (AvgIpc) is 2.37.